The molecular formula is C18H23BrN4O2. The average molecular weight is 407 g/mol. The predicted molar refractivity (Wildman–Crippen MR) is 101 cm³/mol. The fraction of sp³-hybridized carbons (Fsp3) is 0.444. The molecule has 0 aliphatic carbocycles. The van der Waals surface area contributed by atoms with Gasteiger partial charge in [0.1, 0.15) is 6.04 Å². The lowest BCUT2D eigenvalue weighted by molar-refractivity contribution is -0.119. The largest absolute Gasteiger partial charge is 0.379 e. The summed E-state index contributed by atoms with van der Waals surface area (Å²) >= 11 is 3.43. The Morgan fingerprint density at radius 1 is 1.40 bits per heavy atom. The number of hydrogen-bond acceptors (Lipinski definition) is 4. The number of hydrogen-bond donors (Lipinski definition) is 1. The fourth-order valence-electron chi connectivity index (χ4n) is 2.79. The summed E-state index contributed by atoms with van der Waals surface area (Å²) in [6.45, 7) is 8.07. The van der Waals surface area contributed by atoms with Crippen molar-refractivity contribution in [3.63, 3.8) is 0 Å². The fourth-order valence-corrected chi connectivity index (χ4v) is 3.08. The Balaban J connectivity index is 1.63. The van der Waals surface area contributed by atoms with Gasteiger partial charge < -0.3 is 10.1 Å². The first-order valence-electron chi connectivity index (χ1n) is 8.44. The smallest absolute Gasteiger partial charge is 0.248 e. The third-order valence-corrected chi connectivity index (χ3v) is 5.12. The van der Waals surface area contributed by atoms with Gasteiger partial charge in [-0.05, 0) is 47.5 Å². The van der Waals surface area contributed by atoms with E-state index in [-0.39, 0.29) is 11.9 Å². The number of amides is 1. The molecule has 0 radical (unpaired) electrons. The Morgan fingerprint density at radius 3 is 2.84 bits per heavy atom. The number of halogens is 1. The highest BCUT2D eigenvalue weighted by Crippen LogP contribution is 2.19. The topological polar surface area (TPSA) is 59.4 Å². The van der Waals surface area contributed by atoms with E-state index in [2.05, 4.69) is 37.3 Å². The number of nitrogens with one attached hydrogen (secondary N) is 1. The van der Waals surface area contributed by atoms with Crippen LogP contribution in [0.25, 0.3) is 0 Å². The van der Waals surface area contributed by atoms with E-state index in [1.165, 1.54) is 5.56 Å². The number of ether oxygens (including phenoxy) is 1. The first-order valence-corrected chi connectivity index (χ1v) is 9.23. The maximum absolute atomic E-state index is 12.5. The molecule has 1 N–H and O–H groups in total. The lowest BCUT2D eigenvalue weighted by Crippen LogP contribution is -2.35. The number of nitrogens with zero attached hydrogens (tertiary/aromatic N) is 3. The van der Waals surface area contributed by atoms with Crippen molar-refractivity contribution in [3.05, 3.63) is 46.2 Å². The summed E-state index contributed by atoms with van der Waals surface area (Å²) in [4.78, 5) is 14.9. The monoisotopic (exact) mass is 406 g/mol. The minimum Gasteiger partial charge on any atom is -0.379 e. The van der Waals surface area contributed by atoms with Crippen molar-refractivity contribution in [1.82, 2.24) is 14.7 Å². The van der Waals surface area contributed by atoms with Gasteiger partial charge in [0.2, 0.25) is 5.91 Å². The highest BCUT2D eigenvalue weighted by molar-refractivity contribution is 9.10. The maximum atomic E-state index is 12.5. The second-order valence-corrected chi connectivity index (χ2v) is 7.15. The number of aromatic nitrogens is 2. The van der Waals surface area contributed by atoms with Crippen LogP contribution in [0.3, 0.4) is 0 Å². The SMILES string of the molecule is Cc1nn(C(C)C(=O)Nc2cccc(CN3CCOCC3)c2)cc1Br. The molecule has 1 unspecified atom stereocenters. The molecule has 1 aromatic carbocycles. The van der Waals surface area contributed by atoms with Crippen molar-refractivity contribution in [1.29, 1.82) is 0 Å². The zero-order valence-corrected chi connectivity index (χ0v) is 16.1. The van der Waals surface area contributed by atoms with E-state index in [0.717, 1.165) is 48.7 Å². The van der Waals surface area contributed by atoms with Gasteiger partial charge in [0.25, 0.3) is 0 Å². The Labute approximate surface area is 156 Å². The maximum Gasteiger partial charge on any atom is 0.248 e. The number of carbonyl (C=O) groups excluding carboxylic acids is 1. The van der Waals surface area contributed by atoms with Crippen molar-refractivity contribution in [3.8, 4) is 0 Å². The number of anilines is 1. The molecule has 0 saturated carbocycles. The molecule has 2 aromatic rings. The van der Waals surface area contributed by atoms with Crippen LogP contribution in [0.4, 0.5) is 5.69 Å². The van der Waals surface area contributed by atoms with Crippen molar-refractivity contribution in [2.75, 3.05) is 31.6 Å². The van der Waals surface area contributed by atoms with Gasteiger partial charge in [0, 0.05) is 31.5 Å². The van der Waals surface area contributed by atoms with Crippen LogP contribution in [-0.4, -0.2) is 46.9 Å². The summed E-state index contributed by atoms with van der Waals surface area (Å²) in [7, 11) is 0. The normalized spacial score (nSPS) is 16.6. The minimum absolute atomic E-state index is 0.0847. The minimum atomic E-state index is -0.382. The second kappa shape index (κ2) is 8.12. The van der Waals surface area contributed by atoms with Crippen LogP contribution >= 0.6 is 15.9 Å². The van der Waals surface area contributed by atoms with Crippen molar-refractivity contribution < 1.29 is 9.53 Å². The van der Waals surface area contributed by atoms with Gasteiger partial charge in [-0.3, -0.25) is 14.4 Å². The van der Waals surface area contributed by atoms with Crippen LogP contribution < -0.4 is 5.32 Å². The molecule has 6 nitrogen and oxygen atoms in total. The van der Waals surface area contributed by atoms with Gasteiger partial charge in [0.15, 0.2) is 0 Å². The van der Waals surface area contributed by atoms with E-state index >= 15 is 0 Å². The van der Waals surface area contributed by atoms with Crippen LogP contribution in [-0.2, 0) is 16.1 Å². The van der Waals surface area contributed by atoms with E-state index in [4.69, 9.17) is 4.74 Å². The lowest BCUT2D eigenvalue weighted by atomic mass is 10.1. The molecule has 7 heteroatoms. The zero-order valence-electron chi connectivity index (χ0n) is 14.5. The van der Waals surface area contributed by atoms with Crippen molar-refractivity contribution in [2.24, 2.45) is 0 Å². The van der Waals surface area contributed by atoms with Gasteiger partial charge >= 0.3 is 0 Å². The molecule has 1 amide bonds. The molecule has 1 atom stereocenters. The van der Waals surface area contributed by atoms with E-state index < -0.39 is 0 Å². The van der Waals surface area contributed by atoms with Crippen molar-refractivity contribution in [2.45, 2.75) is 26.4 Å². The Morgan fingerprint density at radius 2 is 2.16 bits per heavy atom. The quantitative estimate of drug-likeness (QED) is 0.828. The molecule has 1 aromatic heterocycles. The number of carbonyl (C=O) groups is 1. The van der Waals surface area contributed by atoms with Crippen LogP contribution in [0.2, 0.25) is 0 Å². The van der Waals surface area contributed by atoms with E-state index in [1.807, 2.05) is 38.2 Å². The van der Waals surface area contributed by atoms with Crippen molar-refractivity contribution >= 4 is 27.5 Å². The number of rotatable bonds is 5. The standard InChI is InChI=1S/C18H23BrN4O2/c1-13-17(19)12-23(21-13)14(2)18(24)20-16-5-3-4-15(10-16)11-22-6-8-25-9-7-22/h3-5,10,12,14H,6-9,11H2,1-2H3,(H,20,24). The molecule has 134 valence electrons. The summed E-state index contributed by atoms with van der Waals surface area (Å²) < 4.78 is 7.96. The zero-order chi connectivity index (χ0) is 17.8. The number of morpholine rings is 1. The summed E-state index contributed by atoms with van der Waals surface area (Å²) in [5.74, 6) is -0.0847. The third-order valence-electron chi connectivity index (χ3n) is 4.34. The lowest BCUT2D eigenvalue weighted by Gasteiger charge is -2.26. The van der Waals surface area contributed by atoms with Crippen LogP contribution in [0.1, 0.15) is 24.2 Å². The molecular weight excluding hydrogens is 384 g/mol. The molecule has 1 aliphatic heterocycles. The summed E-state index contributed by atoms with van der Waals surface area (Å²) in [5, 5.41) is 7.35. The van der Waals surface area contributed by atoms with Gasteiger partial charge in [0.05, 0.1) is 23.4 Å². The van der Waals surface area contributed by atoms with Crippen LogP contribution in [0, 0.1) is 6.92 Å². The van der Waals surface area contributed by atoms with Gasteiger partial charge in [-0.2, -0.15) is 5.10 Å². The number of benzene rings is 1. The van der Waals surface area contributed by atoms with E-state index in [9.17, 15) is 4.79 Å². The molecule has 0 spiro atoms. The van der Waals surface area contributed by atoms with Crippen LogP contribution in [0.15, 0.2) is 34.9 Å². The van der Waals surface area contributed by atoms with Crippen LogP contribution in [0.5, 0.6) is 0 Å². The molecule has 3 rings (SSSR count). The molecule has 2 heterocycles. The molecule has 1 fully saturated rings. The summed E-state index contributed by atoms with van der Waals surface area (Å²) in [5.41, 5.74) is 2.86. The second-order valence-electron chi connectivity index (χ2n) is 6.30. The third kappa shape index (κ3) is 4.68. The molecule has 0 bridgehead atoms. The van der Waals surface area contributed by atoms with Gasteiger partial charge in [-0.15, -0.1) is 0 Å². The summed E-state index contributed by atoms with van der Waals surface area (Å²) in [6.07, 6.45) is 1.83. The highest BCUT2D eigenvalue weighted by Gasteiger charge is 2.17. The van der Waals surface area contributed by atoms with E-state index in [0.29, 0.717) is 0 Å². The molecule has 1 saturated heterocycles. The Bertz CT molecular complexity index is 721. The van der Waals surface area contributed by atoms with Gasteiger partial charge in [-0.1, -0.05) is 12.1 Å². The molecule has 1 aliphatic rings. The van der Waals surface area contributed by atoms with Gasteiger partial charge in [-0.25, -0.2) is 0 Å². The Hall–Kier alpha value is -1.70. The highest BCUT2D eigenvalue weighted by atomic mass is 79.9. The Kier molecular flexibility index (Phi) is 5.88. The number of aryl methyl sites for hydroxylation is 1. The van der Waals surface area contributed by atoms with E-state index in [1.54, 1.807) is 4.68 Å². The summed E-state index contributed by atoms with van der Waals surface area (Å²) in [6, 6.07) is 7.63. The average Bonchev–Trinajstić information content (AvgIpc) is 2.94. The molecule has 25 heavy (non-hydrogen) atoms. The first kappa shape index (κ1) is 18.1. The predicted octanol–water partition coefficient (Wildman–Crippen LogP) is 2.99. The first-order chi connectivity index (χ1) is 12.0.